The van der Waals surface area contributed by atoms with Gasteiger partial charge < -0.3 is 10.0 Å². The highest BCUT2D eigenvalue weighted by molar-refractivity contribution is 6.46. The fraction of sp³-hybridized carbons (Fsp3) is 0.120. The molecule has 1 aliphatic rings. The summed E-state index contributed by atoms with van der Waals surface area (Å²) in [6.45, 7) is -0.334. The molecule has 0 aliphatic carbocycles. The largest absolute Gasteiger partial charge is 0.507 e. The van der Waals surface area contributed by atoms with Gasteiger partial charge in [-0.05, 0) is 23.3 Å². The number of non-ortho nitro benzene ring substituents is 1. The molecule has 1 heterocycles. The van der Waals surface area contributed by atoms with Crippen molar-refractivity contribution in [1.82, 2.24) is 4.90 Å². The third kappa shape index (κ3) is 4.63. The van der Waals surface area contributed by atoms with Gasteiger partial charge in [0.05, 0.1) is 22.1 Å². The Bertz CT molecular complexity index is 1350. The normalized spacial score (nSPS) is 17.6. The van der Waals surface area contributed by atoms with E-state index in [0.29, 0.717) is 5.56 Å². The number of nitro groups is 1. The number of alkyl halides is 3. The number of rotatable bonds is 5. The average molecular weight is 482 g/mol. The number of ketones is 1. The molecular formula is C25H17F3N2O5. The number of nitro benzene ring substituents is 1. The predicted octanol–water partition coefficient (Wildman–Crippen LogP) is 5.24. The lowest BCUT2D eigenvalue weighted by molar-refractivity contribution is -0.384. The van der Waals surface area contributed by atoms with Gasteiger partial charge in [0, 0.05) is 24.2 Å². The van der Waals surface area contributed by atoms with Crippen molar-refractivity contribution in [2.45, 2.75) is 18.8 Å². The van der Waals surface area contributed by atoms with E-state index in [-0.39, 0.29) is 28.9 Å². The van der Waals surface area contributed by atoms with Gasteiger partial charge in [0.1, 0.15) is 5.76 Å². The first-order valence-corrected chi connectivity index (χ1v) is 10.3. The van der Waals surface area contributed by atoms with Crippen molar-refractivity contribution in [3.05, 3.63) is 117 Å². The van der Waals surface area contributed by atoms with Crippen molar-refractivity contribution in [2.24, 2.45) is 0 Å². The minimum absolute atomic E-state index is 0.0443. The number of benzene rings is 3. The molecule has 10 heteroatoms. The maximum absolute atomic E-state index is 13.2. The van der Waals surface area contributed by atoms with Gasteiger partial charge in [-0.2, -0.15) is 13.2 Å². The summed E-state index contributed by atoms with van der Waals surface area (Å²) in [5.41, 5.74) is -1.02. The van der Waals surface area contributed by atoms with E-state index in [4.69, 9.17) is 0 Å². The summed E-state index contributed by atoms with van der Waals surface area (Å²) in [6, 6.07) is 16.4. The van der Waals surface area contributed by atoms with Crippen LogP contribution in [0, 0.1) is 10.1 Å². The Kier molecular flexibility index (Phi) is 6.12. The Morgan fingerprint density at radius 1 is 0.971 bits per heavy atom. The lowest BCUT2D eigenvalue weighted by Gasteiger charge is -2.25. The molecule has 1 fully saturated rings. The molecule has 178 valence electrons. The van der Waals surface area contributed by atoms with Crippen molar-refractivity contribution >= 4 is 23.1 Å². The summed E-state index contributed by atoms with van der Waals surface area (Å²) in [7, 11) is 0. The zero-order valence-electron chi connectivity index (χ0n) is 17.9. The Morgan fingerprint density at radius 2 is 1.66 bits per heavy atom. The number of hydrogen-bond donors (Lipinski definition) is 1. The molecule has 35 heavy (non-hydrogen) atoms. The zero-order chi connectivity index (χ0) is 25.3. The van der Waals surface area contributed by atoms with E-state index < -0.39 is 40.2 Å². The van der Waals surface area contributed by atoms with Gasteiger partial charge in [-0.15, -0.1) is 0 Å². The van der Waals surface area contributed by atoms with Gasteiger partial charge in [0.25, 0.3) is 17.4 Å². The molecule has 1 saturated heterocycles. The van der Waals surface area contributed by atoms with Gasteiger partial charge >= 0.3 is 6.18 Å². The summed E-state index contributed by atoms with van der Waals surface area (Å²) >= 11 is 0. The third-order valence-electron chi connectivity index (χ3n) is 5.59. The molecule has 3 aromatic carbocycles. The fourth-order valence-corrected chi connectivity index (χ4v) is 3.99. The second-order valence-electron chi connectivity index (χ2n) is 7.84. The Morgan fingerprint density at radius 3 is 2.31 bits per heavy atom. The first kappa shape index (κ1) is 23.7. The monoisotopic (exact) mass is 482 g/mol. The van der Waals surface area contributed by atoms with E-state index in [1.165, 1.54) is 30.3 Å². The number of halogens is 3. The predicted molar refractivity (Wildman–Crippen MR) is 119 cm³/mol. The van der Waals surface area contributed by atoms with Gasteiger partial charge in [0.15, 0.2) is 0 Å². The number of carbonyl (C=O) groups excluding carboxylic acids is 2. The van der Waals surface area contributed by atoms with Gasteiger partial charge in [0.2, 0.25) is 0 Å². The average Bonchev–Trinajstić information content (AvgIpc) is 3.08. The van der Waals surface area contributed by atoms with Crippen LogP contribution in [0.25, 0.3) is 5.76 Å². The topological polar surface area (TPSA) is 101 Å². The van der Waals surface area contributed by atoms with E-state index in [1.54, 1.807) is 30.3 Å². The van der Waals surface area contributed by atoms with E-state index in [1.807, 2.05) is 0 Å². The number of nitrogens with zero attached hydrogens (tertiary/aromatic N) is 2. The molecule has 1 unspecified atom stereocenters. The highest BCUT2D eigenvalue weighted by Gasteiger charge is 2.46. The number of carbonyl (C=O) groups is 2. The minimum atomic E-state index is -4.59. The maximum atomic E-state index is 13.2. The molecule has 0 spiro atoms. The first-order valence-electron chi connectivity index (χ1n) is 10.3. The van der Waals surface area contributed by atoms with Crippen LogP contribution in [0.15, 0.2) is 84.4 Å². The molecule has 0 aromatic heterocycles. The Hall–Kier alpha value is -4.47. The molecular weight excluding hydrogens is 465 g/mol. The minimum Gasteiger partial charge on any atom is -0.507 e. The Balaban J connectivity index is 1.84. The lowest BCUT2D eigenvalue weighted by atomic mass is 9.95. The summed E-state index contributed by atoms with van der Waals surface area (Å²) in [6.07, 6.45) is -4.59. The van der Waals surface area contributed by atoms with Crippen LogP contribution in [0.5, 0.6) is 0 Å². The number of aliphatic hydroxyl groups excluding tert-OH is 1. The van der Waals surface area contributed by atoms with Crippen molar-refractivity contribution < 1.29 is 32.8 Å². The van der Waals surface area contributed by atoms with Crippen molar-refractivity contribution in [3.63, 3.8) is 0 Å². The quantitative estimate of drug-likeness (QED) is 0.176. The van der Waals surface area contributed by atoms with Crippen LogP contribution >= 0.6 is 0 Å². The Labute approximate surface area is 196 Å². The SMILES string of the molecule is O=C1C(=O)N(Cc2cccc(C(F)(F)F)c2)C(c2ccccc2)/C1=C(/O)c1cccc([N+](=O)[O-])c1. The number of hydrogen-bond acceptors (Lipinski definition) is 5. The van der Waals surface area contributed by atoms with Crippen molar-refractivity contribution in [1.29, 1.82) is 0 Å². The summed E-state index contributed by atoms with van der Waals surface area (Å²) in [5, 5.41) is 22.1. The molecule has 1 N–H and O–H groups in total. The maximum Gasteiger partial charge on any atom is 0.416 e. The van der Waals surface area contributed by atoms with Crippen LogP contribution in [0.3, 0.4) is 0 Å². The molecule has 1 amide bonds. The van der Waals surface area contributed by atoms with Crippen LogP contribution in [-0.2, 0) is 22.3 Å². The van der Waals surface area contributed by atoms with Crippen LogP contribution in [0.2, 0.25) is 0 Å². The molecule has 3 aromatic rings. The fourth-order valence-electron chi connectivity index (χ4n) is 3.99. The molecule has 1 aliphatic heterocycles. The van der Waals surface area contributed by atoms with Gasteiger partial charge in [-0.3, -0.25) is 19.7 Å². The standard InChI is InChI=1S/C25H17F3N2O5/c26-25(27,28)18-10-4-6-15(12-18)14-29-21(16-7-2-1-3-8-16)20(23(32)24(29)33)22(31)17-9-5-11-19(13-17)30(34)35/h1-13,21,31H,14H2/b22-20-. The summed E-state index contributed by atoms with van der Waals surface area (Å²) in [4.78, 5) is 37.6. The lowest BCUT2D eigenvalue weighted by Crippen LogP contribution is -2.29. The van der Waals surface area contributed by atoms with Crippen molar-refractivity contribution in [2.75, 3.05) is 0 Å². The van der Waals surface area contributed by atoms with Gasteiger partial charge in [-0.1, -0.05) is 54.6 Å². The second-order valence-corrected chi connectivity index (χ2v) is 7.84. The van der Waals surface area contributed by atoms with E-state index in [0.717, 1.165) is 23.1 Å². The zero-order valence-corrected chi connectivity index (χ0v) is 17.9. The van der Waals surface area contributed by atoms with Crippen LogP contribution in [0.1, 0.15) is 28.3 Å². The van der Waals surface area contributed by atoms with E-state index in [9.17, 15) is 38.0 Å². The van der Waals surface area contributed by atoms with Crippen LogP contribution in [-0.4, -0.2) is 26.6 Å². The van der Waals surface area contributed by atoms with Crippen molar-refractivity contribution in [3.8, 4) is 0 Å². The van der Waals surface area contributed by atoms with Gasteiger partial charge in [-0.25, -0.2) is 0 Å². The third-order valence-corrected chi connectivity index (χ3v) is 5.59. The second kappa shape index (κ2) is 9.05. The first-order chi connectivity index (χ1) is 16.6. The summed E-state index contributed by atoms with van der Waals surface area (Å²) < 4.78 is 39.6. The van der Waals surface area contributed by atoms with E-state index >= 15 is 0 Å². The smallest absolute Gasteiger partial charge is 0.416 e. The van der Waals surface area contributed by atoms with Crippen LogP contribution < -0.4 is 0 Å². The van der Waals surface area contributed by atoms with E-state index in [2.05, 4.69) is 0 Å². The molecule has 1 atom stereocenters. The highest BCUT2D eigenvalue weighted by Crippen LogP contribution is 2.41. The van der Waals surface area contributed by atoms with Crippen LogP contribution in [0.4, 0.5) is 18.9 Å². The highest BCUT2D eigenvalue weighted by atomic mass is 19.4. The number of aliphatic hydroxyl groups is 1. The number of amides is 1. The molecule has 0 saturated carbocycles. The molecule has 0 bridgehead atoms. The molecule has 7 nitrogen and oxygen atoms in total. The molecule has 0 radical (unpaired) electrons. The summed E-state index contributed by atoms with van der Waals surface area (Å²) in [5.74, 6) is -2.68. The number of likely N-dealkylation sites (tertiary alicyclic amines) is 1. The number of Topliss-reactive ketones (excluding diaryl/α,β-unsaturated/α-hetero) is 1. The molecule has 4 rings (SSSR count).